The SMILES string of the molecule is CCNCc1cn(CC(=O)N2CCC(C)CC2)nn1. The number of hydrogen-bond acceptors (Lipinski definition) is 4. The van der Waals surface area contributed by atoms with Crippen molar-refractivity contribution >= 4 is 5.91 Å². The zero-order valence-electron chi connectivity index (χ0n) is 11.8. The summed E-state index contributed by atoms with van der Waals surface area (Å²) in [7, 11) is 0. The Morgan fingerprint density at radius 1 is 1.47 bits per heavy atom. The fourth-order valence-corrected chi connectivity index (χ4v) is 2.25. The molecule has 1 aliphatic rings. The molecule has 19 heavy (non-hydrogen) atoms. The number of nitrogens with zero attached hydrogens (tertiary/aromatic N) is 4. The van der Waals surface area contributed by atoms with Gasteiger partial charge in [0.05, 0.1) is 11.9 Å². The van der Waals surface area contributed by atoms with E-state index in [4.69, 9.17) is 0 Å². The van der Waals surface area contributed by atoms with E-state index in [2.05, 4.69) is 22.6 Å². The second kappa shape index (κ2) is 6.65. The van der Waals surface area contributed by atoms with Crippen LogP contribution in [0.4, 0.5) is 0 Å². The van der Waals surface area contributed by atoms with E-state index in [1.807, 2.05) is 18.0 Å². The zero-order valence-corrected chi connectivity index (χ0v) is 11.8. The van der Waals surface area contributed by atoms with E-state index in [0.717, 1.165) is 44.1 Å². The standard InChI is InChI=1S/C13H23N5O/c1-3-14-8-12-9-18(16-15-12)10-13(19)17-6-4-11(2)5-7-17/h9,11,14H,3-8,10H2,1-2H3. The highest BCUT2D eigenvalue weighted by atomic mass is 16.2. The van der Waals surface area contributed by atoms with Gasteiger partial charge in [-0.25, -0.2) is 4.68 Å². The van der Waals surface area contributed by atoms with Crippen LogP contribution in [0.3, 0.4) is 0 Å². The third-order valence-electron chi connectivity index (χ3n) is 3.58. The van der Waals surface area contributed by atoms with E-state index in [1.165, 1.54) is 0 Å². The maximum Gasteiger partial charge on any atom is 0.244 e. The number of nitrogens with one attached hydrogen (secondary N) is 1. The highest BCUT2D eigenvalue weighted by Gasteiger charge is 2.20. The molecule has 0 atom stereocenters. The van der Waals surface area contributed by atoms with E-state index >= 15 is 0 Å². The van der Waals surface area contributed by atoms with Crippen LogP contribution in [-0.4, -0.2) is 45.4 Å². The topological polar surface area (TPSA) is 63.1 Å². The van der Waals surface area contributed by atoms with Gasteiger partial charge in [0.1, 0.15) is 6.54 Å². The van der Waals surface area contributed by atoms with Gasteiger partial charge in [-0.15, -0.1) is 5.10 Å². The third-order valence-corrected chi connectivity index (χ3v) is 3.58. The summed E-state index contributed by atoms with van der Waals surface area (Å²) < 4.78 is 1.63. The first-order valence-corrected chi connectivity index (χ1v) is 7.06. The molecule has 1 saturated heterocycles. The summed E-state index contributed by atoms with van der Waals surface area (Å²) in [6.45, 7) is 7.94. The Labute approximate surface area is 114 Å². The molecule has 0 radical (unpaired) electrons. The summed E-state index contributed by atoms with van der Waals surface area (Å²) in [4.78, 5) is 14.1. The number of amides is 1. The van der Waals surface area contributed by atoms with Crippen molar-refractivity contribution in [2.24, 2.45) is 5.92 Å². The van der Waals surface area contributed by atoms with Gasteiger partial charge in [0.25, 0.3) is 0 Å². The Balaban J connectivity index is 1.83. The van der Waals surface area contributed by atoms with Crippen LogP contribution in [0.15, 0.2) is 6.20 Å². The summed E-state index contributed by atoms with van der Waals surface area (Å²) in [6, 6.07) is 0. The van der Waals surface area contributed by atoms with E-state index in [-0.39, 0.29) is 5.91 Å². The molecular formula is C13H23N5O. The van der Waals surface area contributed by atoms with Crippen LogP contribution in [0.5, 0.6) is 0 Å². The van der Waals surface area contributed by atoms with E-state index < -0.39 is 0 Å². The average Bonchev–Trinajstić information content (AvgIpc) is 2.84. The lowest BCUT2D eigenvalue weighted by Gasteiger charge is -2.30. The van der Waals surface area contributed by atoms with Crippen LogP contribution in [-0.2, 0) is 17.9 Å². The second-order valence-electron chi connectivity index (χ2n) is 5.25. The van der Waals surface area contributed by atoms with Gasteiger partial charge in [-0.2, -0.15) is 0 Å². The van der Waals surface area contributed by atoms with Crippen molar-refractivity contribution in [2.45, 2.75) is 39.8 Å². The fraction of sp³-hybridized carbons (Fsp3) is 0.769. The lowest BCUT2D eigenvalue weighted by atomic mass is 9.99. The molecule has 0 spiro atoms. The average molecular weight is 265 g/mol. The molecule has 1 N–H and O–H groups in total. The van der Waals surface area contributed by atoms with E-state index in [9.17, 15) is 4.79 Å². The molecule has 1 aliphatic heterocycles. The lowest BCUT2D eigenvalue weighted by molar-refractivity contribution is -0.133. The Bertz CT molecular complexity index is 409. The molecule has 1 aromatic heterocycles. The number of carbonyl (C=O) groups is 1. The fourth-order valence-electron chi connectivity index (χ4n) is 2.25. The number of likely N-dealkylation sites (tertiary alicyclic amines) is 1. The Kier molecular flexibility index (Phi) is 4.90. The first-order chi connectivity index (χ1) is 9.19. The third kappa shape index (κ3) is 4.02. The van der Waals surface area contributed by atoms with Gasteiger partial charge >= 0.3 is 0 Å². The number of piperidine rings is 1. The molecule has 0 saturated carbocycles. The smallest absolute Gasteiger partial charge is 0.244 e. The minimum Gasteiger partial charge on any atom is -0.341 e. The largest absolute Gasteiger partial charge is 0.341 e. The first kappa shape index (κ1) is 14.0. The number of aromatic nitrogens is 3. The van der Waals surface area contributed by atoms with Gasteiger partial charge in [-0.3, -0.25) is 4.79 Å². The molecular weight excluding hydrogens is 242 g/mol. The lowest BCUT2D eigenvalue weighted by Crippen LogP contribution is -2.39. The van der Waals surface area contributed by atoms with Crippen molar-refractivity contribution in [3.8, 4) is 0 Å². The van der Waals surface area contributed by atoms with Crippen molar-refractivity contribution in [1.82, 2.24) is 25.2 Å². The molecule has 1 fully saturated rings. The molecule has 6 heteroatoms. The van der Waals surface area contributed by atoms with Crippen molar-refractivity contribution in [3.05, 3.63) is 11.9 Å². The van der Waals surface area contributed by atoms with Crippen molar-refractivity contribution in [2.75, 3.05) is 19.6 Å². The summed E-state index contributed by atoms with van der Waals surface area (Å²) >= 11 is 0. The highest BCUT2D eigenvalue weighted by molar-refractivity contribution is 5.75. The maximum absolute atomic E-state index is 12.1. The predicted octanol–water partition coefficient (Wildman–Crippen LogP) is 0.646. The molecule has 0 bridgehead atoms. The van der Waals surface area contributed by atoms with Crippen LogP contribution < -0.4 is 5.32 Å². The molecule has 1 amide bonds. The van der Waals surface area contributed by atoms with Crippen molar-refractivity contribution in [3.63, 3.8) is 0 Å². The Morgan fingerprint density at radius 3 is 2.89 bits per heavy atom. The van der Waals surface area contributed by atoms with Gasteiger partial charge in [0.15, 0.2) is 0 Å². The quantitative estimate of drug-likeness (QED) is 0.849. The van der Waals surface area contributed by atoms with Crippen LogP contribution in [0, 0.1) is 5.92 Å². The van der Waals surface area contributed by atoms with Gasteiger partial charge in [-0.1, -0.05) is 19.1 Å². The number of hydrogen-bond donors (Lipinski definition) is 1. The normalized spacial score (nSPS) is 16.8. The molecule has 0 aromatic carbocycles. The van der Waals surface area contributed by atoms with Crippen molar-refractivity contribution < 1.29 is 4.79 Å². The number of rotatable bonds is 5. The molecule has 1 aromatic rings. The molecule has 2 heterocycles. The molecule has 6 nitrogen and oxygen atoms in total. The van der Waals surface area contributed by atoms with Crippen LogP contribution in [0.1, 0.15) is 32.4 Å². The highest BCUT2D eigenvalue weighted by Crippen LogP contribution is 2.16. The van der Waals surface area contributed by atoms with Gasteiger partial charge < -0.3 is 10.2 Å². The van der Waals surface area contributed by atoms with Crippen LogP contribution in [0.2, 0.25) is 0 Å². The second-order valence-corrected chi connectivity index (χ2v) is 5.25. The minimum absolute atomic E-state index is 0.145. The molecule has 2 rings (SSSR count). The van der Waals surface area contributed by atoms with E-state index in [0.29, 0.717) is 13.1 Å². The van der Waals surface area contributed by atoms with Crippen molar-refractivity contribution in [1.29, 1.82) is 0 Å². The monoisotopic (exact) mass is 265 g/mol. The zero-order chi connectivity index (χ0) is 13.7. The maximum atomic E-state index is 12.1. The number of carbonyl (C=O) groups excluding carboxylic acids is 1. The van der Waals surface area contributed by atoms with Crippen LogP contribution >= 0.6 is 0 Å². The minimum atomic E-state index is 0.145. The van der Waals surface area contributed by atoms with E-state index in [1.54, 1.807) is 4.68 Å². The summed E-state index contributed by atoms with van der Waals surface area (Å²) in [6.07, 6.45) is 4.05. The summed E-state index contributed by atoms with van der Waals surface area (Å²) in [5, 5.41) is 11.2. The van der Waals surface area contributed by atoms with Gasteiger partial charge in [0.2, 0.25) is 5.91 Å². The predicted molar refractivity (Wildman–Crippen MR) is 72.4 cm³/mol. The first-order valence-electron chi connectivity index (χ1n) is 7.06. The Hall–Kier alpha value is -1.43. The summed E-state index contributed by atoms with van der Waals surface area (Å²) in [5.41, 5.74) is 0.877. The summed E-state index contributed by atoms with van der Waals surface area (Å²) in [5.74, 6) is 0.883. The van der Waals surface area contributed by atoms with Gasteiger partial charge in [0, 0.05) is 19.6 Å². The molecule has 0 unspecified atom stereocenters. The van der Waals surface area contributed by atoms with Crippen LogP contribution in [0.25, 0.3) is 0 Å². The van der Waals surface area contributed by atoms with Gasteiger partial charge in [-0.05, 0) is 25.3 Å². The molecule has 106 valence electrons. The Morgan fingerprint density at radius 2 is 2.21 bits per heavy atom. The molecule has 0 aliphatic carbocycles.